The number of aliphatic hydroxyl groups is 1. The van der Waals surface area contributed by atoms with Gasteiger partial charge < -0.3 is 10.4 Å². The van der Waals surface area contributed by atoms with Gasteiger partial charge in [-0.2, -0.15) is 0 Å². The number of sulfone groups is 1. The van der Waals surface area contributed by atoms with Gasteiger partial charge in [-0.15, -0.1) is 0 Å². The van der Waals surface area contributed by atoms with Crippen LogP contribution in [-0.4, -0.2) is 30.8 Å². The number of nitro groups is 1. The van der Waals surface area contributed by atoms with Crippen molar-refractivity contribution in [1.29, 1.82) is 0 Å². The van der Waals surface area contributed by atoms with Gasteiger partial charge in [-0.25, -0.2) is 8.42 Å². The summed E-state index contributed by atoms with van der Waals surface area (Å²) in [4.78, 5) is 10.4. The van der Waals surface area contributed by atoms with Crippen molar-refractivity contribution in [1.82, 2.24) is 0 Å². The van der Waals surface area contributed by atoms with Crippen LogP contribution in [-0.2, 0) is 16.3 Å². The number of nitrogens with zero attached hydrogens (tertiary/aromatic N) is 1. The molecule has 3 rings (SSSR count). The van der Waals surface area contributed by atoms with Crippen LogP contribution in [0.25, 0.3) is 0 Å². The first kappa shape index (κ1) is 16.4. The van der Waals surface area contributed by atoms with E-state index in [0.717, 1.165) is 17.4 Å². The van der Waals surface area contributed by atoms with Crippen molar-refractivity contribution in [2.45, 2.75) is 23.5 Å². The Hall–Kier alpha value is -2.45. The highest BCUT2D eigenvalue weighted by Gasteiger charge is 2.33. The molecule has 0 amide bonds. The fourth-order valence-electron chi connectivity index (χ4n) is 3.04. The molecule has 0 saturated carbocycles. The SMILES string of the molecule is CS(=O)(=O)c1cccc(N[C@H]2c3ccccc3C[C@H]2O)c1[N+](=O)[O-]. The summed E-state index contributed by atoms with van der Waals surface area (Å²) in [6, 6.07) is 11.0. The molecule has 1 aliphatic rings. The third-order valence-corrected chi connectivity index (χ3v) is 5.22. The number of rotatable bonds is 4. The molecule has 24 heavy (non-hydrogen) atoms. The predicted octanol–water partition coefficient (Wildman–Crippen LogP) is 2.07. The van der Waals surface area contributed by atoms with Crippen LogP contribution in [0.15, 0.2) is 47.4 Å². The Bertz CT molecular complexity index is 910. The van der Waals surface area contributed by atoms with Crippen molar-refractivity contribution >= 4 is 21.2 Å². The molecule has 0 bridgehead atoms. The first-order valence-electron chi connectivity index (χ1n) is 7.29. The number of fused-ring (bicyclic) bond motifs is 1. The summed E-state index contributed by atoms with van der Waals surface area (Å²) in [5, 5.41) is 24.7. The number of para-hydroxylation sites is 1. The molecule has 2 aromatic carbocycles. The van der Waals surface area contributed by atoms with Crippen LogP contribution < -0.4 is 5.32 Å². The molecular formula is C16H16N2O5S. The van der Waals surface area contributed by atoms with Crippen molar-refractivity contribution in [2.24, 2.45) is 0 Å². The van der Waals surface area contributed by atoms with Crippen molar-refractivity contribution in [3.8, 4) is 0 Å². The van der Waals surface area contributed by atoms with E-state index in [0.29, 0.717) is 6.42 Å². The molecule has 2 atom stereocenters. The van der Waals surface area contributed by atoms with Gasteiger partial charge in [-0.05, 0) is 23.3 Å². The standard InChI is InChI=1S/C16H16N2O5S/c1-24(22,23)14-8-4-7-12(16(14)18(20)21)17-15-11-6-3-2-5-10(11)9-13(15)19/h2-8,13,15,17,19H,9H2,1H3/t13-,15+/m1/s1. The molecule has 2 aromatic rings. The molecule has 0 radical (unpaired) electrons. The molecule has 126 valence electrons. The molecule has 0 aliphatic heterocycles. The highest BCUT2D eigenvalue weighted by molar-refractivity contribution is 7.90. The molecule has 7 nitrogen and oxygen atoms in total. The summed E-state index contributed by atoms with van der Waals surface area (Å²) in [7, 11) is -3.75. The summed E-state index contributed by atoms with van der Waals surface area (Å²) in [5.74, 6) is 0. The summed E-state index contributed by atoms with van der Waals surface area (Å²) in [6.45, 7) is 0. The Morgan fingerprint density at radius 1 is 1.21 bits per heavy atom. The first-order chi connectivity index (χ1) is 11.3. The molecule has 2 N–H and O–H groups in total. The largest absolute Gasteiger partial charge is 0.390 e. The maximum atomic E-state index is 11.8. The zero-order valence-corrected chi connectivity index (χ0v) is 13.7. The smallest absolute Gasteiger partial charge is 0.310 e. The topological polar surface area (TPSA) is 110 Å². The number of benzene rings is 2. The maximum absolute atomic E-state index is 11.8. The van der Waals surface area contributed by atoms with Crippen LogP contribution in [0.2, 0.25) is 0 Å². The Labute approximate surface area is 139 Å². The molecule has 0 spiro atoms. The van der Waals surface area contributed by atoms with E-state index >= 15 is 0 Å². The Morgan fingerprint density at radius 3 is 2.58 bits per heavy atom. The molecule has 0 saturated heterocycles. The van der Waals surface area contributed by atoms with Gasteiger partial charge in [0, 0.05) is 12.7 Å². The zero-order chi connectivity index (χ0) is 17.5. The quantitative estimate of drug-likeness (QED) is 0.646. The third kappa shape index (κ3) is 2.85. The molecule has 0 heterocycles. The fourth-order valence-corrected chi connectivity index (χ4v) is 3.90. The van der Waals surface area contributed by atoms with E-state index in [4.69, 9.17) is 0 Å². The second-order valence-corrected chi connectivity index (χ2v) is 7.76. The van der Waals surface area contributed by atoms with E-state index in [1.54, 1.807) is 0 Å². The minimum Gasteiger partial charge on any atom is -0.390 e. The lowest BCUT2D eigenvalue weighted by Crippen LogP contribution is -2.22. The number of hydrogen-bond donors (Lipinski definition) is 2. The van der Waals surface area contributed by atoms with Crippen molar-refractivity contribution < 1.29 is 18.4 Å². The number of hydrogen-bond acceptors (Lipinski definition) is 6. The van der Waals surface area contributed by atoms with Gasteiger partial charge in [0.2, 0.25) is 0 Å². The summed E-state index contributed by atoms with van der Waals surface area (Å²) in [5.41, 5.74) is 1.38. The van der Waals surface area contributed by atoms with E-state index in [-0.39, 0.29) is 10.6 Å². The average Bonchev–Trinajstić information content (AvgIpc) is 2.82. The molecular weight excluding hydrogens is 332 g/mol. The maximum Gasteiger partial charge on any atom is 0.310 e. The van der Waals surface area contributed by atoms with Gasteiger partial charge in [-0.3, -0.25) is 10.1 Å². The minimum atomic E-state index is -3.75. The third-order valence-electron chi connectivity index (χ3n) is 4.10. The number of aliphatic hydroxyl groups excluding tert-OH is 1. The fraction of sp³-hybridized carbons (Fsp3) is 0.250. The van der Waals surface area contributed by atoms with E-state index in [2.05, 4.69) is 5.32 Å². The lowest BCUT2D eigenvalue weighted by Gasteiger charge is -2.19. The highest BCUT2D eigenvalue weighted by Crippen LogP contribution is 2.38. The number of nitro benzene ring substituents is 1. The highest BCUT2D eigenvalue weighted by atomic mass is 32.2. The molecule has 0 fully saturated rings. The summed E-state index contributed by atoms with van der Waals surface area (Å²) >= 11 is 0. The van der Waals surface area contributed by atoms with Crippen LogP contribution in [0.1, 0.15) is 17.2 Å². The molecule has 0 unspecified atom stereocenters. The Balaban J connectivity index is 2.07. The van der Waals surface area contributed by atoms with Crippen molar-refractivity contribution in [3.63, 3.8) is 0 Å². The number of nitrogens with one attached hydrogen (secondary N) is 1. The monoisotopic (exact) mass is 348 g/mol. The summed E-state index contributed by atoms with van der Waals surface area (Å²) < 4.78 is 23.7. The van der Waals surface area contributed by atoms with Gasteiger partial charge in [0.25, 0.3) is 0 Å². The Morgan fingerprint density at radius 2 is 1.92 bits per heavy atom. The van der Waals surface area contributed by atoms with Crippen LogP contribution in [0.5, 0.6) is 0 Å². The van der Waals surface area contributed by atoms with E-state index in [1.165, 1.54) is 18.2 Å². The second-order valence-electron chi connectivity index (χ2n) is 5.77. The van der Waals surface area contributed by atoms with Crippen LogP contribution in [0, 0.1) is 10.1 Å². The van der Waals surface area contributed by atoms with E-state index in [1.807, 2.05) is 24.3 Å². The Kier molecular flexibility index (Phi) is 4.02. The normalized spacial score (nSPS) is 19.8. The number of anilines is 1. The lowest BCUT2D eigenvalue weighted by atomic mass is 10.1. The first-order valence-corrected chi connectivity index (χ1v) is 9.18. The molecule has 1 aliphatic carbocycles. The van der Waals surface area contributed by atoms with Crippen LogP contribution >= 0.6 is 0 Å². The molecule has 0 aromatic heterocycles. The van der Waals surface area contributed by atoms with E-state index < -0.39 is 32.6 Å². The van der Waals surface area contributed by atoms with Crippen LogP contribution in [0.3, 0.4) is 0 Å². The van der Waals surface area contributed by atoms with Gasteiger partial charge in [-0.1, -0.05) is 30.3 Å². The van der Waals surface area contributed by atoms with Gasteiger partial charge in [0.1, 0.15) is 10.6 Å². The van der Waals surface area contributed by atoms with Crippen molar-refractivity contribution in [2.75, 3.05) is 11.6 Å². The van der Waals surface area contributed by atoms with Crippen LogP contribution in [0.4, 0.5) is 11.4 Å². The predicted molar refractivity (Wildman–Crippen MR) is 88.7 cm³/mol. The molecule has 8 heteroatoms. The van der Waals surface area contributed by atoms with Gasteiger partial charge in [0.15, 0.2) is 9.84 Å². The zero-order valence-electron chi connectivity index (χ0n) is 12.8. The summed E-state index contributed by atoms with van der Waals surface area (Å²) in [6.07, 6.45) is 0.621. The van der Waals surface area contributed by atoms with Gasteiger partial charge >= 0.3 is 5.69 Å². The van der Waals surface area contributed by atoms with Crippen molar-refractivity contribution in [3.05, 3.63) is 63.7 Å². The van der Waals surface area contributed by atoms with Gasteiger partial charge in [0.05, 0.1) is 17.1 Å². The minimum absolute atomic E-state index is 0.0729. The van der Waals surface area contributed by atoms with E-state index in [9.17, 15) is 23.6 Å². The second kappa shape index (κ2) is 5.88. The average molecular weight is 348 g/mol. The lowest BCUT2D eigenvalue weighted by molar-refractivity contribution is -0.386.